The first-order valence-electron chi connectivity index (χ1n) is 8.00. The number of sulfonamides is 1. The Balaban J connectivity index is 1.79. The monoisotopic (exact) mass is 378 g/mol. The molecule has 0 saturated carbocycles. The van der Waals surface area contributed by atoms with Crippen LogP contribution in [0.2, 0.25) is 0 Å². The van der Waals surface area contributed by atoms with E-state index in [2.05, 4.69) is 15.0 Å². The van der Waals surface area contributed by atoms with Crippen LogP contribution >= 0.6 is 0 Å². The summed E-state index contributed by atoms with van der Waals surface area (Å²) in [6.07, 6.45) is 2.19. The molecule has 0 bridgehead atoms. The van der Waals surface area contributed by atoms with Crippen LogP contribution in [0.1, 0.15) is 17.5 Å². The second-order valence-electron chi connectivity index (χ2n) is 6.23. The van der Waals surface area contributed by atoms with Crippen molar-refractivity contribution in [3.8, 4) is 0 Å². The summed E-state index contributed by atoms with van der Waals surface area (Å²) >= 11 is 0. The third-order valence-corrected chi connectivity index (χ3v) is 5.49. The van der Waals surface area contributed by atoms with Gasteiger partial charge in [-0.05, 0) is 35.7 Å². The predicted octanol–water partition coefficient (Wildman–Crippen LogP) is 1.65. The molecule has 3 rings (SSSR count). The molecule has 2 heterocycles. The number of fused-ring (bicyclic) bond motifs is 1. The van der Waals surface area contributed by atoms with Crippen LogP contribution in [0, 0.1) is 5.82 Å². The molecule has 1 aromatic heterocycles. The van der Waals surface area contributed by atoms with Gasteiger partial charge in [0.25, 0.3) is 0 Å². The molecule has 26 heavy (non-hydrogen) atoms. The number of nitrogens with one attached hydrogen (secondary N) is 2. The van der Waals surface area contributed by atoms with Gasteiger partial charge in [-0.3, -0.25) is 4.79 Å². The minimum Gasteiger partial charge on any atom is -0.363 e. The van der Waals surface area contributed by atoms with Crippen LogP contribution in [0.15, 0.2) is 35.4 Å². The van der Waals surface area contributed by atoms with Gasteiger partial charge in [-0.2, -0.15) is 0 Å². The molecule has 0 spiro atoms. The van der Waals surface area contributed by atoms with Crippen molar-refractivity contribution in [2.75, 3.05) is 24.3 Å². The van der Waals surface area contributed by atoms with Gasteiger partial charge in [0, 0.05) is 38.9 Å². The Morgan fingerprint density at radius 2 is 2.04 bits per heavy atom. The van der Waals surface area contributed by atoms with Gasteiger partial charge in [-0.25, -0.2) is 22.5 Å². The summed E-state index contributed by atoms with van der Waals surface area (Å²) in [7, 11) is -0.332. The second kappa shape index (κ2) is 7.00. The van der Waals surface area contributed by atoms with E-state index in [1.807, 2.05) is 19.0 Å². The summed E-state index contributed by atoms with van der Waals surface area (Å²) in [4.78, 5) is 17.0. The SMILES string of the molecule is CN(C)c1ccc(CNS(=O)(=O)c2cc3c(cc2F)NC(=O)CC3)cn1. The van der Waals surface area contributed by atoms with E-state index < -0.39 is 20.7 Å². The lowest BCUT2D eigenvalue weighted by molar-refractivity contribution is -0.116. The smallest absolute Gasteiger partial charge is 0.243 e. The Morgan fingerprint density at radius 3 is 2.69 bits per heavy atom. The molecule has 138 valence electrons. The van der Waals surface area contributed by atoms with E-state index in [1.54, 1.807) is 18.3 Å². The van der Waals surface area contributed by atoms with Gasteiger partial charge in [-0.1, -0.05) is 6.07 Å². The van der Waals surface area contributed by atoms with E-state index in [1.165, 1.54) is 6.07 Å². The van der Waals surface area contributed by atoms with Crippen molar-refractivity contribution >= 4 is 27.4 Å². The fraction of sp³-hybridized carbons (Fsp3) is 0.294. The van der Waals surface area contributed by atoms with Gasteiger partial charge in [0.15, 0.2) is 0 Å². The van der Waals surface area contributed by atoms with E-state index in [0.29, 0.717) is 23.2 Å². The largest absolute Gasteiger partial charge is 0.363 e. The van der Waals surface area contributed by atoms with Gasteiger partial charge in [0.05, 0.1) is 0 Å². The maximum atomic E-state index is 14.3. The van der Waals surface area contributed by atoms with Gasteiger partial charge in [0.1, 0.15) is 16.5 Å². The normalized spacial score (nSPS) is 13.9. The number of aromatic nitrogens is 1. The van der Waals surface area contributed by atoms with E-state index in [4.69, 9.17) is 0 Å². The Kier molecular flexibility index (Phi) is 4.92. The standard InChI is InChI=1S/C17H19FN4O3S/c1-22(2)16-5-3-11(9-19-16)10-20-26(24,25)15-7-12-4-6-17(23)21-14(12)8-13(15)18/h3,5,7-9,20H,4,6,10H2,1-2H3,(H,21,23). The highest BCUT2D eigenvalue weighted by atomic mass is 32.2. The average molecular weight is 378 g/mol. The molecular weight excluding hydrogens is 359 g/mol. The van der Waals surface area contributed by atoms with Crippen LogP contribution in [0.5, 0.6) is 0 Å². The molecule has 0 saturated heterocycles. The van der Waals surface area contributed by atoms with E-state index >= 15 is 0 Å². The lowest BCUT2D eigenvalue weighted by Crippen LogP contribution is -2.26. The highest BCUT2D eigenvalue weighted by Gasteiger charge is 2.24. The maximum Gasteiger partial charge on any atom is 0.243 e. The quantitative estimate of drug-likeness (QED) is 0.826. The summed E-state index contributed by atoms with van der Waals surface area (Å²) in [6, 6.07) is 5.85. The van der Waals surface area contributed by atoms with Crippen molar-refractivity contribution in [3.05, 3.63) is 47.4 Å². The van der Waals surface area contributed by atoms with Crippen molar-refractivity contribution in [2.24, 2.45) is 0 Å². The minimum absolute atomic E-state index is 0.00367. The molecule has 0 unspecified atom stereocenters. The third kappa shape index (κ3) is 3.83. The first kappa shape index (κ1) is 18.3. The van der Waals surface area contributed by atoms with Crippen LogP contribution in [0.25, 0.3) is 0 Å². The number of anilines is 2. The molecule has 1 aliphatic heterocycles. The number of amides is 1. The number of nitrogens with zero attached hydrogens (tertiary/aromatic N) is 2. The van der Waals surface area contributed by atoms with Crippen LogP contribution in [-0.2, 0) is 27.8 Å². The topological polar surface area (TPSA) is 91.4 Å². The number of pyridine rings is 1. The zero-order chi connectivity index (χ0) is 18.9. The number of carbonyl (C=O) groups is 1. The van der Waals surface area contributed by atoms with Crippen molar-refractivity contribution in [1.29, 1.82) is 0 Å². The van der Waals surface area contributed by atoms with Crippen molar-refractivity contribution in [1.82, 2.24) is 9.71 Å². The summed E-state index contributed by atoms with van der Waals surface area (Å²) < 4.78 is 41.6. The number of carbonyl (C=O) groups excluding carboxylic acids is 1. The molecule has 7 nitrogen and oxygen atoms in total. The fourth-order valence-corrected chi connectivity index (χ4v) is 3.75. The summed E-state index contributed by atoms with van der Waals surface area (Å²) in [5.41, 5.74) is 1.58. The second-order valence-corrected chi connectivity index (χ2v) is 7.97. The molecule has 0 atom stereocenters. The Bertz CT molecular complexity index is 943. The lowest BCUT2D eigenvalue weighted by atomic mass is 10.0. The summed E-state index contributed by atoms with van der Waals surface area (Å²) in [5, 5.41) is 2.55. The number of aryl methyl sites for hydroxylation is 1. The molecule has 1 aromatic carbocycles. The van der Waals surface area contributed by atoms with Gasteiger partial charge in [-0.15, -0.1) is 0 Å². The molecule has 0 radical (unpaired) electrons. The van der Waals surface area contributed by atoms with E-state index in [0.717, 1.165) is 11.9 Å². The van der Waals surface area contributed by atoms with Gasteiger partial charge in [0.2, 0.25) is 15.9 Å². The minimum atomic E-state index is -4.04. The Morgan fingerprint density at radius 1 is 1.27 bits per heavy atom. The summed E-state index contributed by atoms with van der Waals surface area (Å²) in [5.74, 6) is -0.363. The predicted molar refractivity (Wildman–Crippen MR) is 95.9 cm³/mol. The molecule has 2 aromatic rings. The van der Waals surface area contributed by atoms with Crippen molar-refractivity contribution in [3.63, 3.8) is 0 Å². The van der Waals surface area contributed by atoms with Crippen LogP contribution in [-0.4, -0.2) is 33.4 Å². The Labute approximate surface area is 151 Å². The summed E-state index contributed by atoms with van der Waals surface area (Å²) in [6.45, 7) is -0.00367. The highest BCUT2D eigenvalue weighted by molar-refractivity contribution is 7.89. The van der Waals surface area contributed by atoms with E-state index in [-0.39, 0.29) is 18.9 Å². The number of hydrogen-bond donors (Lipinski definition) is 2. The van der Waals surface area contributed by atoms with Gasteiger partial charge < -0.3 is 10.2 Å². The molecule has 0 aliphatic carbocycles. The molecule has 9 heteroatoms. The van der Waals surface area contributed by atoms with Gasteiger partial charge >= 0.3 is 0 Å². The van der Waals surface area contributed by atoms with Crippen LogP contribution in [0.4, 0.5) is 15.9 Å². The molecular formula is C17H19FN4O3S. The fourth-order valence-electron chi connectivity index (χ4n) is 2.63. The zero-order valence-corrected chi connectivity index (χ0v) is 15.2. The molecule has 1 aliphatic rings. The maximum absolute atomic E-state index is 14.3. The molecule has 2 N–H and O–H groups in total. The van der Waals surface area contributed by atoms with Crippen LogP contribution < -0.4 is 14.9 Å². The Hall–Kier alpha value is -2.52. The highest BCUT2D eigenvalue weighted by Crippen LogP contribution is 2.28. The van der Waals surface area contributed by atoms with Crippen molar-refractivity contribution < 1.29 is 17.6 Å². The first-order valence-corrected chi connectivity index (χ1v) is 9.49. The number of hydrogen-bond acceptors (Lipinski definition) is 5. The zero-order valence-electron chi connectivity index (χ0n) is 14.4. The van der Waals surface area contributed by atoms with E-state index in [9.17, 15) is 17.6 Å². The third-order valence-electron chi connectivity index (χ3n) is 4.08. The average Bonchev–Trinajstić information content (AvgIpc) is 2.59. The lowest BCUT2D eigenvalue weighted by Gasteiger charge is -2.18. The number of rotatable bonds is 5. The molecule has 1 amide bonds. The number of benzene rings is 1. The number of halogens is 1. The van der Waals surface area contributed by atoms with Crippen molar-refractivity contribution in [2.45, 2.75) is 24.3 Å². The first-order chi connectivity index (χ1) is 12.3. The van der Waals surface area contributed by atoms with Crippen LogP contribution in [0.3, 0.4) is 0 Å². The molecule has 0 fully saturated rings.